The van der Waals surface area contributed by atoms with Gasteiger partial charge in [-0.25, -0.2) is 0 Å². The number of halogens is 2. The van der Waals surface area contributed by atoms with E-state index in [0.717, 1.165) is 5.56 Å². The quantitative estimate of drug-likeness (QED) is 0.345. The molecule has 3 heterocycles. The second-order valence-corrected chi connectivity index (χ2v) is 8.09. The Bertz CT molecular complexity index is 1200. The molecule has 1 amide bonds. The number of carbonyl (C=O) groups is 2. The summed E-state index contributed by atoms with van der Waals surface area (Å²) in [5.74, 6) is -1.79. The Morgan fingerprint density at radius 1 is 1.19 bits per heavy atom. The zero-order chi connectivity index (χ0) is 22.3. The third-order valence-corrected chi connectivity index (χ3v) is 5.98. The summed E-state index contributed by atoms with van der Waals surface area (Å²) in [4.78, 5) is 31.6. The molecule has 3 aromatic rings. The van der Waals surface area contributed by atoms with Gasteiger partial charge in [0.25, 0.3) is 11.7 Å². The summed E-state index contributed by atoms with van der Waals surface area (Å²) in [5, 5.41) is 18.6. The fraction of sp³-hybridized carbons (Fsp3) is 0.182. The highest BCUT2D eigenvalue weighted by Crippen LogP contribution is 2.42. The molecule has 1 atom stereocenters. The third-order valence-electron chi connectivity index (χ3n) is 5.24. The largest absolute Gasteiger partial charge is 0.507 e. The lowest BCUT2D eigenvalue weighted by Gasteiger charge is -2.25. The topological polar surface area (TPSA) is 99.2 Å². The molecule has 1 fully saturated rings. The maximum absolute atomic E-state index is 13.1. The van der Waals surface area contributed by atoms with E-state index in [4.69, 9.17) is 23.2 Å². The molecule has 0 bridgehead atoms. The average molecular weight is 457 g/mol. The lowest BCUT2D eigenvalue weighted by Crippen LogP contribution is -2.29. The lowest BCUT2D eigenvalue weighted by atomic mass is 9.94. The number of nitrogens with zero attached hydrogens (tertiary/aromatic N) is 3. The first-order valence-electron chi connectivity index (χ1n) is 9.43. The SMILES string of the molecule is Cc1n[nH]c(C)c1/C(O)=C1\C(=O)C(=O)N(Cc2cccnc2)[C@@H]1c1ccc(Cl)c(Cl)c1. The molecule has 1 aliphatic rings. The van der Waals surface area contributed by atoms with Crippen molar-refractivity contribution < 1.29 is 14.7 Å². The fourth-order valence-corrected chi connectivity index (χ4v) is 4.10. The van der Waals surface area contributed by atoms with Crippen LogP contribution < -0.4 is 0 Å². The van der Waals surface area contributed by atoms with Gasteiger partial charge in [0.2, 0.25) is 0 Å². The molecule has 158 valence electrons. The van der Waals surface area contributed by atoms with Gasteiger partial charge >= 0.3 is 0 Å². The minimum atomic E-state index is -0.858. The van der Waals surface area contributed by atoms with Crippen LogP contribution in [0, 0.1) is 13.8 Å². The molecule has 0 radical (unpaired) electrons. The molecule has 4 rings (SSSR count). The summed E-state index contributed by atoms with van der Waals surface area (Å²) in [5.41, 5.74) is 2.76. The molecular formula is C22H18Cl2N4O3. The number of aliphatic hydroxyl groups excluding tert-OH is 1. The molecule has 0 aliphatic carbocycles. The van der Waals surface area contributed by atoms with Gasteiger partial charge in [-0.2, -0.15) is 5.10 Å². The molecule has 0 saturated carbocycles. The summed E-state index contributed by atoms with van der Waals surface area (Å²) < 4.78 is 0. The summed E-state index contributed by atoms with van der Waals surface area (Å²) in [6.07, 6.45) is 3.24. The average Bonchev–Trinajstić information content (AvgIpc) is 3.21. The lowest BCUT2D eigenvalue weighted by molar-refractivity contribution is -0.140. The van der Waals surface area contributed by atoms with E-state index in [2.05, 4.69) is 15.2 Å². The van der Waals surface area contributed by atoms with Gasteiger partial charge < -0.3 is 10.0 Å². The van der Waals surface area contributed by atoms with Crippen LogP contribution in [0.25, 0.3) is 5.76 Å². The highest BCUT2D eigenvalue weighted by atomic mass is 35.5. The van der Waals surface area contributed by atoms with Gasteiger partial charge in [-0.1, -0.05) is 35.3 Å². The minimum absolute atomic E-state index is 0.0279. The number of carbonyl (C=O) groups excluding carboxylic acids is 2. The van der Waals surface area contributed by atoms with Crippen LogP contribution in [0.1, 0.15) is 34.1 Å². The molecule has 0 unspecified atom stereocenters. The zero-order valence-corrected chi connectivity index (χ0v) is 18.2. The molecule has 2 N–H and O–H groups in total. The second-order valence-electron chi connectivity index (χ2n) is 7.27. The predicted octanol–water partition coefficient (Wildman–Crippen LogP) is 4.35. The molecule has 1 aliphatic heterocycles. The number of Topliss-reactive ketones (excluding diaryl/α,β-unsaturated/α-hetero) is 1. The van der Waals surface area contributed by atoms with Gasteiger partial charge in [-0.15, -0.1) is 0 Å². The van der Waals surface area contributed by atoms with Crippen molar-refractivity contribution in [2.45, 2.75) is 26.4 Å². The number of pyridine rings is 1. The van der Waals surface area contributed by atoms with Crippen molar-refractivity contribution in [3.63, 3.8) is 0 Å². The van der Waals surface area contributed by atoms with Crippen LogP contribution in [0.2, 0.25) is 10.0 Å². The second kappa shape index (κ2) is 8.17. The van der Waals surface area contributed by atoms with Gasteiger partial charge in [0.1, 0.15) is 5.76 Å². The zero-order valence-electron chi connectivity index (χ0n) is 16.7. The van der Waals surface area contributed by atoms with E-state index < -0.39 is 17.7 Å². The van der Waals surface area contributed by atoms with Gasteiger partial charge in [-0.05, 0) is 43.2 Å². The van der Waals surface area contributed by atoms with Gasteiger partial charge in [0, 0.05) is 24.6 Å². The van der Waals surface area contributed by atoms with E-state index in [1.807, 2.05) is 6.07 Å². The third kappa shape index (κ3) is 3.71. The number of likely N-dealkylation sites (tertiary alicyclic amines) is 1. The van der Waals surface area contributed by atoms with Crippen LogP contribution in [-0.4, -0.2) is 36.9 Å². The first-order chi connectivity index (χ1) is 14.8. The number of ketones is 1. The smallest absolute Gasteiger partial charge is 0.295 e. The maximum atomic E-state index is 13.1. The minimum Gasteiger partial charge on any atom is -0.507 e. The Morgan fingerprint density at radius 3 is 2.58 bits per heavy atom. The number of aromatic nitrogens is 3. The van der Waals surface area contributed by atoms with Crippen molar-refractivity contribution in [3.05, 3.63) is 86.4 Å². The molecular weight excluding hydrogens is 439 g/mol. The number of hydrogen-bond acceptors (Lipinski definition) is 5. The number of H-pyrrole nitrogens is 1. The first-order valence-corrected chi connectivity index (χ1v) is 10.2. The van der Waals surface area contributed by atoms with E-state index in [-0.39, 0.29) is 22.9 Å². The van der Waals surface area contributed by atoms with Crippen molar-refractivity contribution >= 4 is 40.7 Å². The van der Waals surface area contributed by atoms with Crippen LogP contribution in [-0.2, 0) is 16.1 Å². The van der Waals surface area contributed by atoms with E-state index in [9.17, 15) is 14.7 Å². The number of rotatable bonds is 4. The van der Waals surface area contributed by atoms with Crippen molar-refractivity contribution in [2.75, 3.05) is 0 Å². The predicted molar refractivity (Wildman–Crippen MR) is 117 cm³/mol. The number of aliphatic hydroxyl groups is 1. The summed E-state index contributed by atoms with van der Waals surface area (Å²) in [7, 11) is 0. The Labute approximate surface area is 188 Å². The Hall–Kier alpha value is -3.16. The maximum Gasteiger partial charge on any atom is 0.295 e. The monoisotopic (exact) mass is 456 g/mol. The molecule has 7 nitrogen and oxygen atoms in total. The molecule has 31 heavy (non-hydrogen) atoms. The van der Waals surface area contributed by atoms with Crippen LogP contribution in [0.3, 0.4) is 0 Å². The number of amides is 1. The standard InChI is InChI=1S/C22H18Cl2N4O3/c1-11-17(12(2)27-26-11)20(29)18-19(14-5-6-15(23)16(24)8-14)28(22(31)21(18)30)10-13-4-3-7-25-9-13/h3-9,19,29H,10H2,1-2H3,(H,26,27)/b20-18+/t19-/m1/s1. The Kier molecular flexibility index (Phi) is 5.56. The highest BCUT2D eigenvalue weighted by molar-refractivity contribution is 6.46. The molecule has 2 aromatic heterocycles. The number of hydrogen-bond donors (Lipinski definition) is 2. The number of aromatic amines is 1. The van der Waals surface area contributed by atoms with E-state index in [1.54, 1.807) is 50.5 Å². The molecule has 1 saturated heterocycles. The van der Waals surface area contributed by atoms with E-state index in [1.165, 1.54) is 4.90 Å². The van der Waals surface area contributed by atoms with E-state index >= 15 is 0 Å². The van der Waals surface area contributed by atoms with Gasteiger partial charge in [-0.3, -0.25) is 19.7 Å². The van der Waals surface area contributed by atoms with Crippen molar-refractivity contribution in [1.82, 2.24) is 20.1 Å². The van der Waals surface area contributed by atoms with Crippen molar-refractivity contribution in [1.29, 1.82) is 0 Å². The fourth-order valence-electron chi connectivity index (χ4n) is 3.79. The summed E-state index contributed by atoms with van der Waals surface area (Å²) >= 11 is 12.3. The Morgan fingerprint density at radius 2 is 1.97 bits per heavy atom. The summed E-state index contributed by atoms with van der Waals surface area (Å²) in [6.45, 7) is 3.57. The van der Waals surface area contributed by atoms with Crippen LogP contribution in [0.15, 0.2) is 48.3 Å². The van der Waals surface area contributed by atoms with Crippen molar-refractivity contribution in [3.8, 4) is 0 Å². The number of nitrogens with one attached hydrogen (secondary N) is 1. The van der Waals surface area contributed by atoms with Crippen molar-refractivity contribution in [2.24, 2.45) is 0 Å². The molecule has 9 heteroatoms. The number of aryl methyl sites for hydroxylation is 2. The normalized spacial score (nSPS) is 18.1. The van der Waals surface area contributed by atoms with Crippen LogP contribution >= 0.6 is 23.2 Å². The van der Waals surface area contributed by atoms with Gasteiger partial charge in [0.15, 0.2) is 0 Å². The molecule has 1 aromatic carbocycles. The highest BCUT2D eigenvalue weighted by Gasteiger charge is 2.46. The Balaban J connectivity index is 1.92. The molecule has 0 spiro atoms. The summed E-state index contributed by atoms with van der Waals surface area (Å²) in [6, 6.07) is 7.57. The number of benzene rings is 1. The van der Waals surface area contributed by atoms with Crippen LogP contribution in [0.5, 0.6) is 0 Å². The van der Waals surface area contributed by atoms with E-state index in [0.29, 0.717) is 27.5 Å². The van der Waals surface area contributed by atoms with Crippen LogP contribution in [0.4, 0.5) is 0 Å². The first kappa shape index (κ1) is 21.1. The van der Waals surface area contributed by atoms with Gasteiger partial charge in [0.05, 0.1) is 32.9 Å².